The Balaban J connectivity index is 1.52. The number of nitrogens with zero attached hydrogens (tertiary/aromatic N) is 2. The number of benzene rings is 1. The third kappa shape index (κ3) is 2.96. The molecule has 0 bridgehead atoms. The number of anilines is 1. The number of hydrogen-bond donors (Lipinski definition) is 1. The van der Waals surface area contributed by atoms with E-state index >= 15 is 0 Å². The number of hydrogen-bond acceptors (Lipinski definition) is 3. The average Bonchev–Trinajstić information content (AvgIpc) is 3.10. The van der Waals surface area contributed by atoms with Crippen molar-refractivity contribution in [2.24, 2.45) is 11.8 Å². The Kier molecular flexibility index (Phi) is 3.99. The van der Waals surface area contributed by atoms with E-state index in [1.807, 2.05) is 36.1 Å². The summed E-state index contributed by atoms with van der Waals surface area (Å²) >= 11 is 0. The van der Waals surface area contributed by atoms with Crippen LogP contribution in [-0.4, -0.2) is 23.2 Å². The van der Waals surface area contributed by atoms with Crippen LogP contribution < -0.4 is 4.90 Å². The van der Waals surface area contributed by atoms with Crippen molar-refractivity contribution < 1.29 is 18.3 Å². The van der Waals surface area contributed by atoms with Crippen LogP contribution in [0.3, 0.4) is 0 Å². The Morgan fingerprint density at radius 2 is 1.69 bits per heavy atom. The average molecular weight is 362 g/mol. The molecule has 26 heavy (non-hydrogen) atoms. The van der Waals surface area contributed by atoms with Gasteiger partial charge in [-0.15, -0.1) is 0 Å². The molecule has 1 aromatic carbocycles. The SMILES string of the molecule is Cc1ccccc1C1(O)CC2CN(c3cccc(C(F)(F)F)n3)CC2C1. The van der Waals surface area contributed by atoms with Gasteiger partial charge in [-0.25, -0.2) is 4.98 Å². The van der Waals surface area contributed by atoms with Crippen LogP contribution >= 0.6 is 0 Å². The predicted octanol–water partition coefficient (Wildman–Crippen LogP) is 4.14. The molecule has 0 amide bonds. The van der Waals surface area contributed by atoms with Crippen molar-refractivity contribution in [3.63, 3.8) is 0 Å². The number of aromatic nitrogens is 1. The summed E-state index contributed by atoms with van der Waals surface area (Å²) < 4.78 is 38.7. The van der Waals surface area contributed by atoms with E-state index in [2.05, 4.69) is 4.98 Å². The Labute approximate surface area is 150 Å². The van der Waals surface area contributed by atoms with Crippen molar-refractivity contribution >= 4 is 5.82 Å². The van der Waals surface area contributed by atoms with E-state index in [0.29, 0.717) is 31.7 Å². The Morgan fingerprint density at radius 1 is 1.04 bits per heavy atom. The molecule has 6 heteroatoms. The molecule has 2 unspecified atom stereocenters. The largest absolute Gasteiger partial charge is 0.433 e. The van der Waals surface area contributed by atoms with E-state index in [1.165, 1.54) is 6.07 Å². The molecule has 1 aromatic heterocycles. The summed E-state index contributed by atoms with van der Waals surface area (Å²) in [7, 11) is 0. The maximum absolute atomic E-state index is 12.9. The Hall–Kier alpha value is -2.08. The fourth-order valence-electron chi connectivity index (χ4n) is 4.61. The molecule has 1 aliphatic heterocycles. The van der Waals surface area contributed by atoms with Crippen LogP contribution in [0.2, 0.25) is 0 Å². The zero-order valence-corrected chi connectivity index (χ0v) is 14.5. The van der Waals surface area contributed by atoms with Gasteiger partial charge in [-0.3, -0.25) is 0 Å². The minimum absolute atomic E-state index is 0.260. The van der Waals surface area contributed by atoms with Crippen molar-refractivity contribution in [1.29, 1.82) is 0 Å². The lowest BCUT2D eigenvalue weighted by molar-refractivity contribution is -0.141. The topological polar surface area (TPSA) is 36.4 Å². The molecule has 2 atom stereocenters. The summed E-state index contributed by atoms with van der Waals surface area (Å²) in [5.74, 6) is 0.889. The lowest BCUT2D eigenvalue weighted by Gasteiger charge is -2.28. The minimum atomic E-state index is -4.43. The zero-order valence-electron chi connectivity index (χ0n) is 14.5. The molecular weight excluding hydrogens is 341 g/mol. The van der Waals surface area contributed by atoms with Gasteiger partial charge in [0, 0.05) is 13.1 Å². The summed E-state index contributed by atoms with van der Waals surface area (Å²) in [6, 6.07) is 11.9. The second-order valence-corrected chi connectivity index (χ2v) is 7.56. The number of halogens is 3. The van der Waals surface area contributed by atoms with E-state index in [1.54, 1.807) is 6.07 Å². The number of fused-ring (bicyclic) bond motifs is 1. The highest BCUT2D eigenvalue weighted by Crippen LogP contribution is 2.50. The third-order valence-electron chi connectivity index (χ3n) is 5.77. The highest BCUT2D eigenvalue weighted by atomic mass is 19.4. The van der Waals surface area contributed by atoms with Gasteiger partial charge < -0.3 is 10.0 Å². The van der Waals surface area contributed by atoms with E-state index in [-0.39, 0.29) is 11.8 Å². The first kappa shape index (κ1) is 17.3. The van der Waals surface area contributed by atoms with Crippen LogP contribution in [0.15, 0.2) is 42.5 Å². The van der Waals surface area contributed by atoms with Crippen molar-refractivity contribution in [3.8, 4) is 0 Å². The quantitative estimate of drug-likeness (QED) is 0.872. The molecule has 2 aromatic rings. The minimum Gasteiger partial charge on any atom is -0.385 e. The van der Waals surface area contributed by atoms with Crippen molar-refractivity contribution in [3.05, 3.63) is 59.3 Å². The number of aliphatic hydroxyl groups is 1. The van der Waals surface area contributed by atoms with E-state index in [0.717, 1.165) is 17.2 Å². The van der Waals surface area contributed by atoms with Gasteiger partial charge in [0.2, 0.25) is 0 Å². The van der Waals surface area contributed by atoms with Crippen molar-refractivity contribution in [2.75, 3.05) is 18.0 Å². The molecule has 2 aliphatic rings. The Bertz CT molecular complexity index is 807. The van der Waals surface area contributed by atoms with Gasteiger partial charge in [-0.1, -0.05) is 30.3 Å². The molecule has 1 N–H and O–H groups in total. The normalized spacial score (nSPS) is 28.4. The monoisotopic (exact) mass is 362 g/mol. The number of aryl methyl sites for hydroxylation is 1. The van der Waals surface area contributed by atoms with Crippen LogP contribution in [0.4, 0.5) is 19.0 Å². The summed E-state index contributed by atoms with van der Waals surface area (Å²) in [5, 5.41) is 11.2. The molecule has 2 heterocycles. The molecule has 3 nitrogen and oxygen atoms in total. The molecule has 138 valence electrons. The number of pyridine rings is 1. The lowest BCUT2D eigenvalue weighted by atomic mass is 9.87. The lowest BCUT2D eigenvalue weighted by Crippen LogP contribution is -2.29. The molecule has 0 radical (unpaired) electrons. The number of alkyl halides is 3. The Morgan fingerprint density at radius 3 is 2.31 bits per heavy atom. The van der Waals surface area contributed by atoms with Crippen LogP contribution in [-0.2, 0) is 11.8 Å². The second kappa shape index (κ2) is 5.98. The third-order valence-corrected chi connectivity index (χ3v) is 5.77. The molecule has 1 saturated carbocycles. The maximum Gasteiger partial charge on any atom is 0.433 e. The molecule has 1 aliphatic carbocycles. The smallest absolute Gasteiger partial charge is 0.385 e. The van der Waals surface area contributed by atoms with E-state index in [9.17, 15) is 18.3 Å². The maximum atomic E-state index is 12.9. The molecular formula is C20H21F3N2O. The zero-order chi connectivity index (χ0) is 18.5. The standard InChI is InChI=1S/C20H21F3N2O/c1-13-5-2-3-6-16(13)19(26)9-14-11-25(12-15(14)10-19)18-8-4-7-17(24-18)20(21,22)23/h2-8,14-15,26H,9-12H2,1H3. The number of rotatable bonds is 2. The summed E-state index contributed by atoms with van der Waals surface area (Å²) in [4.78, 5) is 5.72. The van der Waals surface area contributed by atoms with Gasteiger partial charge in [0.05, 0.1) is 5.60 Å². The van der Waals surface area contributed by atoms with Gasteiger partial charge in [0.1, 0.15) is 11.5 Å². The first-order valence-electron chi connectivity index (χ1n) is 8.84. The summed E-state index contributed by atoms with van der Waals surface area (Å²) in [6.45, 7) is 3.26. The van der Waals surface area contributed by atoms with Gasteiger partial charge in [-0.05, 0) is 54.9 Å². The van der Waals surface area contributed by atoms with Crippen LogP contribution in [0.5, 0.6) is 0 Å². The highest BCUT2D eigenvalue weighted by Gasteiger charge is 2.49. The fourth-order valence-corrected chi connectivity index (χ4v) is 4.61. The van der Waals surface area contributed by atoms with Crippen molar-refractivity contribution in [2.45, 2.75) is 31.5 Å². The van der Waals surface area contributed by atoms with Gasteiger partial charge >= 0.3 is 6.18 Å². The first-order chi connectivity index (χ1) is 12.3. The second-order valence-electron chi connectivity index (χ2n) is 7.56. The van der Waals surface area contributed by atoms with E-state index < -0.39 is 17.5 Å². The van der Waals surface area contributed by atoms with E-state index in [4.69, 9.17) is 0 Å². The van der Waals surface area contributed by atoms with Crippen molar-refractivity contribution in [1.82, 2.24) is 4.98 Å². The van der Waals surface area contributed by atoms with Crippen LogP contribution in [0, 0.1) is 18.8 Å². The van der Waals surface area contributed by atoms with Crippen LogP contribution in [0.1, 0.15) is 29.7 Å². The summed E-state index contributed by atoms with van der Waals surface area (Å²) in [5.41, 5.74) is 0.349. The predicted molar refractivity (Wildman–Crippen MR) is 92.7 cm³/mol. The van der Waals surface area contributed by atoms with Gasteiger partial charge in [-0.2, -0.15) is 13.2 Å². The van der Waals surface area contributed by atoms with Gasteiger partial charge in [0.25, 0.3) is 0 Å². The molecule has 4 rings (SSSR count). The fraction of sp³-hybridized carbons (Fsp3) is 0.450. The van der Waals surface area contributed by atoms with Crippen LogP contribution in [0.25, 0.3) is 0 Å². The molecule has 1 saturated heterocycles. The first-order valence-corrected chi connectivity index (χ1v) is 8.84. The highest BCUT2D eigenvalue weighted by molar-refractivity contribution is 5.42. The molecule has 2 fully saturated rings. The summed E-state index contributed by atoms with van der Waals surface area (Å²) in [6.07, 6.45) is -3.16. The molecule has 0 spiro atoms. The van der Waals surface area contributed by atoms with Gasteiger partial charge in [0.15, 0.2) is 0 Å².